The van der Waals surface area contributed by atoms with Crippen LogP contribution in [-0.2, 0) is 19.1 Å². The maximum Gasteiger partial charge on any atom is 0.305 e. The van der Waals surface area contributed by atoms with Crippen LogP contribution in [0.5, 0.6) is 0 Å². The molecule has 0 heterocycles. The lowest BCUT2D eigenvalue weighted by atomic mass is 10.0. The Balaban J connectivity index is 3.22. The van der Waals surface area contributed by atoms with Gasteiger partial charge in [0.2, 0.25) is 0 Å². The van der Waals surface area contributed by atoms with Crippen molar-refractivity contribution < 1.29 is 19.1 Å². The second kappa shape index (κ2) is 44.1. The predicted octanol–water partition coefficient (Wildman–Crippen LogP) is 15.7. The third-order valence-corrected chi connectivity index (χ3v) is 10.5. The fourth-order valence-electron chi connectivity index (χ4n) is 7.06. The average molecular weight is 707 g/mol. The number of esters is 2. The summed E-state index contributed by atoms with van der Waals surface area (Å²) in [7, 11) is 0. The summed E-state index contributed by atoms with van der Waals surface area (Å²) in [4.78, 5) is 24.0. The molecule has 0 radical (unpaired) electrons. The number of ether oxygens (including phenoxy) is 2. The van der Waals surface area contributed by atoms with Gasteiger partial charge in [-0.25, -0.2) is 0 Å². The molecular weight excluding hydrogens is 617 g/mol. The van der Waals surface area contributed by atoms with Gasteiger partial charge in [-0.3, -0.25) is 9.59 Å². The molecule has 0 aliphatic carbocycles. The summed E-state index contributed by atoms with van der Waals surface area (Å²) in [6.07, 6.45) is 50.7. The smallest absolute Gasteiger partial charge is 0.305 e. The van der Waals surface area contributed by atoms with Crippen molar-refractivity contribution in [2.75, 3.05) is 13.2 Å². The Morgan fingerprint density at radius 2 is 0.440 bits per heavy atom. The molecule has 0 fully saturated rings. The summed E-state index contributed by atoms with van der Waals surface area (Å²) in [6.45, 7) is 5.74. The summed E-state index contributed by atoms with van der Waals surface area (Å²) in [5.74, 6) is -0.00888. The minimum atomic E-state index is -0.00444. The lowest BCUT2D eigenvalue weighted by Gasteiger charge is -2.06. The quantitative estimate of drug-likeness (QED) is 0.0468. The average Bonchev–Trinajstić information content (AvgIpc) is 3.12. The van der Waals surface area contributed by atoms with Crippen LogP contribution in [0.1, 0.15) is 271 Å². The van der Waals surface area contributed by atoms with Crippen LogP contribution in [0.3, 0.4) is 0 Å². The zero-order valence-electron chi connectivity index (χ0n) is 34.3. The summed E-state index contributed by atoms with van der Waals surface area (Å²) >= 11 is 0. The van der Waals surface area contributed by atoms with Crippen molar-refractivity contribution in [1.82, 2.24) is 0 Å². The first-order valence-electron chi connectivity index (χ1n) is 23.0. The van der Waals surface area contributed by atoms with Crippen molar-refractivity contribution in [3.8, 4) is 0 Å². The van der Waals surface area contributed by atoms with E-state index in [1.807, 2.05) is 0 Å². The normalized spacial score (nSPS) is 11.3. The van der Waals surface area contributed by atoms with Gasteiger partial charge in [-0.1, -0.05) is 232 Å². The molecule has 0 unspecified atom stereocenters. The van der Waals surface area contributed by atoms with Gasteiger partial charge >= 0.3 is 11.9 Å². The first kappa shape index (κ1) is 48.9. The number of carbonyl (C=O) groups is 2. The van der Waals surface area contributed by atoms with Crippen LogP contribution < -0.4 is 0 Å². The van der Waals surface area contributed by atoms with Gasteiger partial charge in [0, 0.05) is 12.8 Å². The second-order valence-electron chi connectivity index (χ2n) is 15.7. The Bertz CT molecular complexity index is 607. The molecule has 0 N–H and O–H groups in total. The van der Waals surface area contributed by atoms with E-state index in [0.29, 0.717) is 26.1 Å². The Morgan fingerprint density at radius 1 is 0.260 bits per heavy atom. The molecule has 298 valence electrons. The van der Waals surface area contributed by atoms with Crippen molar-refractivity contribution in [3.05, 3.63) is 0 Å². The van der Waals surface area contributed by atoms with E-state index in [9.17, 15) is 9.59 Å². The molecule has 50 heavy (non-hydrogen) atoms. The van der Waals surface area contributed by atoms with Gasteiger partial charge in [-0.05, 0) is 25.7 Å². The SMILES string of the molecule is CCCCCCCCCCCCCCCCCC(=O)OCCCCCCCCCCOC(=O)CCCCCCCCCCCCCCCCC. The zero-order chi connectivity index (χ0) is 36.3. The monoisotopic (exact) mass is 707 g/mol. The van der Waals surface area contributed by atoms with Crippen LogP contribution in [-0.4, -0.2) is 25.2 Å². The standard InChI is InChI=1S/C46H90O4/c1-3-5-7-9-11-13-15-17-19-21-23-25-29-33-37-41-45(47)49-43-39-35-31-27-28-32-36-40-44-50-46(48)42-38-34-30-26-24-22-20-18-16-14-12-10-8-6-4-2/h3-44H2,1-2H3. The predicted molar refractivity (Wildman–Crippen MR) is 218 cm³/mol. The molecule has 0 aromatic rings. The summed E-state index contributed by atoms with van der Waals surface area (Å²) in [5, 5.41) is 0. The zero-order valence-corrected chi connectivity index (χ0v) is 34.3. The van der Waals surface area contributed by atoms with Gasteiger partial charge in [0.15, 0.2) is 0 Å². The van der Waals surface area contributed by atoms with Crippen molar-refractivity contribution in [3.63, 3.8) is 0 Å². The maximum absolute atomic E-state index is 12.0. The van der Waals surface area contributed by atoms with E-state index in [2.05, 4.69) is 13.8 Å². The molecule has 4 heteroatoms. The van der Waals surface area contributed by atoms with E-state index < -0.39 is 0 Å². The van der Waals surface area contributed by atoms with E-state index in [0.717, 1.165) is 51.4 Å². The van der Waals surface area contributed by atoms with Gasteiger partial charge < -0.3 is 9.47 Å². The van der Waals surface area contributed by atoms with E-state index >= 15 is 0 Å². The molecule has 0 aliphatic heterocycles. The van der Waals surface area contributed by atoms with Crippen LogP contribution in [0.2, 0.25) is 0 Å². The number of carbonyl (C=O) groups excluding carboxylic acids is 2. The Hall–Kier alpha value is -1.06. The highest BCUT2D eigenvalue weighted by Gasteiger charge is 2.04. The molecule has 0 amide bonds. The highest BCUT2D eigenvalue weighted by atomic mass is 16.5. The molecule has 0 saturated heterocycles. The van der Waals surface area contributed by atoms with Crippen LogP contribution >= 0.6 is 0 Å². The summed E-state index contributed by atoms with van der Waals surface area (Å²) in [6, 6.07) is 0. The van der Waals surface area contributed by atoms with Crippen molar-refractivity contribution >= 4 is 11.9 Å². The second-order valence-corrected chi connectivity index (χ2v) is 15.7. The van der Waals surface area contributed by atoms with Gasteiger partial charge in [-0.15, -0.1) is 0 Å². The van der Waals surface area contributed by atoms with Gasteiger partial charge in [0.05, 0.1) is 13.2 Å². The van der Waals surface area contributed by atoms with Gasteiger partial charge in [0.25, 0.3) is 0 Å². The highest BCUT2D eigenvalue weighted by molar-refractivity contribution is 5.69. The Morgan fingerprint density at radius 3 is 0.660 bits per heavy atom. The summed E-state index contributed by atoms with van der Waals surface area (Å²) in [5.41, 5.74) is 0. The lowest BCUT2D eigenvalue weighted by molar-refractivity contribution is -0.144. The molecule has 0 saturated carbocycles. The van der Waals surface area contributed by atoms with E-state index in [1.165, 1.54) is 193 Å². The van der Waals surface area contributed by atoms with E-state index in [1.54, 1.807) is 0 Å². The third kappa shape index (κ3) is 43.1. The maximum atomic E-state index is 12.0. The van der Waals surface area contributed by atoms with Crippen LogP contribution in [0, 0.1) is 0 Å². The van der Waals surface area contributed by atoms with Crippen molar-refractivity contribution in [2.45, 2.75) is 271 Å². The number of unbranched alkanes of at least 4 members (excludes halogenated alkanes) is 35. The molecule has 0 atom stereocenters. The molecule has 0 bridgehead atoms. The number of hydrogen-bond donors (Lipinski definition) is 0. The Labute approximate surface area is 314 Å². The molecule has 0 aliphatic rings. The number of rotatable bonds is 43. The molecule has 4 nitrogen and oxygen atoms in total. The molecule has 0 aromatic carbocycles. The van der Waals surface area contributed by atoms with Crippen molar-refractivity contribution in [2.24, 2.45) is 0 Å². The van der Waals surface area contributed by atoms with Crippen LogP contribution in [0.4, 0.5) is 0 Å². The highest BCUT2D eigenvalue weighted by Crippen LogP contribution is 2.16. The lowest BCUT2D eigenvalue weighted by Crippen LogP contribution is -2.05. The molecular formula is C46H90O4. The summed E-state index contributed by atoms with van der Waals surface area (Å²) < 4.78 is 10.9. The first-order valence-corrected chi connectivity index (χ1v) is 23.0. The van der Waals surface area contributed by atoms with E-state index in [4.69, 9.17) is 9.47 Å². The minimum absolute atomic E-state index is 0.00444. The fraction of sp³-hybridized carbons (Fsp3) is 0.957. The molecule has 0 rings (SSSR count). The van der Waals surface area contributed by atoms with Gasteiger partial charge in [0.1, 0.15) is 0 Å². The van der Waals surface area contributed by atoms with Crippen LogP contribution in [0.25, 0.3) is 0 Å². The number of hydrogen-bond acceptors (Lipinski definition) is 4. The van der Waals surface area contributed by atoms with Crippen molar-refractivity contribution in [1.29, 1.82) is 0 Å². The first-order chi connectivity index (χ1) is 24.7. The Kier molecular flexibility index (Phi) is 43.2. The largest absolute Gasteiger partial charge is 0.466 e. The van der Waals surface area contributed by atoms with Crippen LogP contribution in [0.15, 0.2) is 0 Å². The fourth-order valence-corrected chi connectivity index (χ4v) is 7.06. The third-order valence-electron chi connectivity index (χ3n) is 10.5. The van der Waals surface area contributed by atoms with E-state index in [-0.39, 0.29) is 11.9 Å². The minimum Gasteiger partial charge on any atom is -0.466 e. The topological polar surface area (TPSA) is 52.6 Å². The van der Waals surface area contributed by atoms with Gasteiger partial charge in [-0.2, -0.15) is 0 Å². The molecule has 0 aromatic heterocycles. The molecule has 0 spiro atoms.